The Balaban J connectivity index is 1.67. The number of nitrogens with two attached hydrogens (primary N) is 1. The predicted octanol–water partition coefficient (Wildman–Crippen LogP) is 1.83. The van der Waals surface area contributed by atoms with Gasteiger partial charge in [-0.05, 0) is 30.2 Å². The zero-order valence-corrected chi connectivity index (χ0v) is 14.6. The van der Waals surface area contributed by atoms with Crippen LogP contribution in [0.3, 0.4) is 0 Å². The second-order valence-corrected chi connectivity index (χ2v) is 6.84. The highest BCUT2D eigenvalue weighted by molar-refractivity contribution is 5.95. The van der Waals surface area contributed by atoms with E-state index < -0.39 is 5.82 Å². The summed E-state index contributed by atoms with van der Waals surface area (Å²) in [4.78, 5) is 26.1. The van der Waals surface area contributed by atoms with E-state index in [4.69, 9.17) is 5.73 Å². The summed E-state index contributed by atoms with van der Waals surface area (Å²) in [6, 6.07) is 11.6. The molecule has 1 aromatic heterocycles. The molecule has 1 aliphatic heterocycles. The average molecular weight is 366 g/mol. The summed E-state index contributed by atoms with van der Waals surface area (Å²) in [5.41, 5.74) is 7.04. The first-order valence-corrected chi connectivity index (χ1v) is 8.82. The summed E-state index contributed by atoms with van der Waals surface area (Å²) < 4.78 is 14.3. The Hall–Kier alpha value is -3.06. The van der Waals surface area contributed by atoms with Crippen LogP contribution in [0.25, 0.3) is 10.8 Å². The monoisotopic (exact) mass is 366 g/mol. The predicted molar refractivity (Wildman–Crippen MR) is 100 cm³/mol. The van der Waals surface area contributed by atoms with Crippen molar-refractivity contribution < 1.29 is 9.18 Å². The third-order valence-corrected chi connectivity index (χ3v) is 4.92. The number of aromatic nitrogens is 2. The van der Waals surface area contributed by atoms with Crippen molar-refractivity contribution in [3.63, 3.8) is 0 Å². The molecule has 138 valence electrons. The second-order valence-electron chi connectivity index (χ2n) is 6.84. The van der Waals surface area contributed by atoms with Crippen molar-refractivity contribution in [2.45, 2.75) is 18.9 Å². The zero-order chi connectivity index (χ0) is 19.0. The minimum absolute atomic E-state index is 0.0373. The fourth-order valence-electron chi connectivity index (χ4n) is 3.49. The van der Waals surface area contributed by atoms with Gasteiger partial charge in [-0.3, -0.25) is 9.59 Å². The molecule has 7 heteroatoms. The molecule has 0 saturated carbocycles. The molecule has 0 bridgehead atoms. The molecule has 0 aliphatic carbocycles. The Kier molecular flexibility index (Phi) is 4.45. The summed E-state index contributed by atoms with van der Waals surface area (Å²) in [5.74, 6) is -0.898. The number of benzene rings is 2. The molecular formula is C20H19FN4O2. The van der Waals surface area contributed by atoms with Gasteiger partial charge in [-0.1, -0.05) is 24.3 Å². The standard InChI is InChI=1S/C20H19FN4O2/c21-17-6-5-12(9-16(17)20(27)25-8-7-13(22)11-25)10-18-14-3-1-2-4-15(14)19(26)24-23-18/h1-6,9,13H,7-8,10-11,22H2,(H,24,26). The van der Waals surface area contributed by atoms with Crippen LogP contribution in [0, 0.1) is 5.82 Å². The van der Waals surface area contributed by atoms with E-state index >= 15 is 0 Å². The highest BCUT2D eigenvalue weighted by atomic mass is 19.1. The van der Waals surface area contributed by atoms with Gasteiger partial charge in [-0.2, -0.15) is 5.10 Å². The molecule has 2 heterocycles. The minimum atomic E-state index is -0.552. The molecule has 27 heavy (non-hydrogen) atoms. The molecule has 3 N–H and O–H groups in total. The van der Waals surface area contributed by atoms with E-state index in [1.54, 1.807) is 29.2 Å². The number of aromatic amines is 1. The first kappa shape index (κ1) is 17.4. The molecule has 6 nitrogen and oxygen atoms in total. The summed E-state index contributed by atoms with van der Waals surface area (Å²) >= 11 is 0. The summed E-state index contributed by atoms with van der Waals surface area (Å²) in [7, 11) is 0. The lowest BCUT2D eigenvalue weighted by Gasteiger charge is -2.17. The van der Waals surface area contributed by atoms with E-state index in [1.165, 1.54) is 6.07 Å². The molecule has 2 aromatic carbocycles. The molecule has 0 spiro atoms. The van der Waals surface area contributed by atoms with Crippen LogP contribution >= 0.6 is 0 Å². The number of fused-ring (bicyclic) bond motifs is 1. The normalized spacial score (nSPS) is 16.8. The molecular weight excluding hydrogens is 347 g/mol. The average Bonchev–Trinajstić information content (AvgIpc) is 3.11. The number of hydrogen-bond donors (Lipinski definition) is 2. The molecule has 1 saturated heterocycles. The van der Waals surface area contributed by atoms with Crippen LogP contribution in [0.5, 0.6) is 0 Å². The van der Waals surface area contributed by atoms with Gasteiger partial charge in [0.2, 0.25) is 0 Å². The number of nitrogens with one attached hydrogen (secondary N) is 1. The van der Waals surface area contributed by atoms with Gasteiger partial charge in [0.05, 0.1) is 16.6 Å². The first-order chi connectivity index (χ1) is 13.0. The fourth-order valence-corrected chi connectivity index (χ4v) is 3.49. The largest absolute Gasteiger partial charge is 0.337 e. The number of rotatable bonds is 3. The SMILES string of the molecule is NC1CCN(C(=O)c2cc(Cc3n[nH]c(=O)c4ccccc34)ccc2F)C1. The van der Waals surface area contributed by atoms with Gasteiger partial charge >= 0.3 is 0 Å². The Bertz CT molecular complexity index is 1080. The Morgan fingerprint density at radius 2 is 2.04 bits per heavy atom. The van der Waals surface area contributed by atoms with E-state index in [-0.39, 0.29) is 23.1 Å². The van der Waals surface area contributed by atoms with Gasteiger partial charge in [0.15, 0.2) is 0 Å². The highest BCUT2D eigenvalue weighted by Gasteiger charge is 2.26. The van der Waals surface area contributed by atoms with Crippen molar-refractivity contribution >= 4 is 16.7 Å². The number of hydrogen-bond acceptors (Lipinski definition) is 4. The lowest BCUT2D eigenvalue weighted by Crippen LogP contribution is -2.32. The van der Waals surface area contributed by atoms with Crippen molar-refractivity contribution in [3.8, 4) is 0 Å². The molecule has 3 aromatic rings. The molecule has 4 rings (SSSR count). The third-order valence-electron chi connectivity index (χ3n) is 4.92. The van der Waals surface area contributed by atoms with Crippen molar-refractivity contribution in [3.05, 3.63) is 75.5 Å². The maximum Gasteiger partial charge on any atom is 0.272 e. The number of halogens is 1. The van der Waals surface area contributed by atoms with Gasteiger partial charge in [0.25, 0.3) is 11.5 Å². The third kappa shape index (κ3) is 3.33. The van der Waals surface area contributed by atoms with Gasteiger partial charge in [-0.25, -0.2) is 9.49 Å². The fraction of sp³-hybridized carbons (Fsp3) is 0.250. The van der Waals surface area contributed by atoms with E-state index in [0.717, 1.165) is 17.4 Å². The number of carbonyl (C=O) groups excluding carboxylic acids is 1. The van der Waals surface area contributed by atoms with Gasteiger partial charge in [0, 0.05) is 30.9 Å². The second kappa shape index (κ2) is 6.92. The van der Waals surface area contributed by atoms with Crippen molar-refractivity contribution in [2.24, 2.45) is 5.73 Å². The first-order valence-electron chi connectivity index (χ1n) is 8.82. The number of likely N-dealkylation sites (tertiary alicyclic amines) is 1. The molecule has 1 fully saturated rings. The molecule has 1 unspecified atom stereocenters. The number of carbonyl (C=O) groups is 1. The van der Waals surface area contributed by atoms with Crippen molar-refractivity contribution in [1.82, 2.24) is 15.1 Å². The quantitative estimate of drug-likeness (QED) is 0.740. The number of H-pyrrole nitrogens is 1. The van der Waals surface area contributed by atoms with E-state index in [2.05, 4.69) is 10.2 Å². The van der Waals surface area contributed by atoms with Gasteiger partial charge < -0.3 is 10.6 Å². The lowest BCUT2D eigenvalue weighted by atomic mass is 10.0. The zero-order valence-electron chi connectivity index (χ0n) is 14.6. The minimum Gasteiger partial charge on any atom is -0.337 e. The van der Waals surface area contributed by atoms with Crippen LogP contribution in [0.2, 0.25) is 0 Å². The number of nitrogens with zero attached hydrogens (tertiary/aromatic N) is 2. The van der Waals surface area contributed by atoms with E-state index in [1.807, 2.05) is 12.1 Å². The van der Waals surface area contributed by atoms with Crippen LogP contribution in [-0.2, 0) is 6.42 Å². The topological polar surface area (TPSA) is 92.1 Å². The number of amides is 1. The maximum absolute atomic E-state index is 14.3. The molecule has 1 amide bonds. The molecule has 1 atom stereocenters. The van der Waals surface area contributed by atoms with Crippen molar-refractivity contribution in [2.75, 3.05) is 13.1 Å². The maximum atomic E-state index is 14.3. The molecule has 0 radical (unpaired) electrons. The highest BCUT2D eigenvalue weighted by Crippen LogP contribution is 2.20. The van der Waals surface area contributed by atoms with Crippen LogP contribution < -0.4 is 11.3 Å². The van der Waals surface area contributed by atoms with Gasteiger partial charge in [-0.15, -0.1) is 0 Å². The Morgan fingerprint density at radius 1 is 1.26 bits per heavy atom. The Labute approximate surface area is 154 Å². The van der Waals surface area contributed by atoms with Crippen LogP contribution in [0.15, 0.2) is 47.3 Å². The summed E-state index contributed by atoms with van der Waals surface area (Å²) in [6.07, 6.45) is 1.09. The van der Waals surface area contributed by atoms with Crippen LogP contribution in [0.4, 0.5) is 4.39 Å². The van der Waals surface area contributed by atoms with Gasteiger partial charge in [0.1, 0.15) is 5.82 Å². The smallest absolute Gasteiger partial charge is 0.272 e. The van der Waals surface area contributed by atoms with Crippen LogP contribution in [-0.4, -0.2) is 40.1 Å². The summed E-state index contributed by atoms with van der Waals surface area (Å²) in [5, 5.41) is 7.92. The molecule has 1 aliphatic rings. The summed E-state index contributed by atoms with van der Waals surface area (Å²) in [6.45, 7) is 0.977. The lowest BCUT2D eigenvalue weighted by molar-refractivity contribution is 0.0786. The Morgan fingerprint density at radius 3 is 2.78 bits per heavy atom. The van der Waals surface area contributed by atoms with E-state index in [9.17, 15) is 14.0 Å². The van der Waals surface area contributed by atoms with Crippen molar-refractivity contribution in [1.29, 1.82) is 0 Å². The van der Waals surface area contributed by atoms with Crippen LogP contribution in [0.1, 0.15) is 28.0 Å². The van der Waals surface area contributed by atoms with E-state index in [0.29, 0.717) is 30.6 Å².